The van der Waals surface area contributed by atoms with Crippen LogP contribution < -0.4 is 0 Å². The first-order valence-corrected chi connectivity index (χ1v) is 11.4. The van der Waals surface area contributed by atoms with Crippen molar-refractivity contribution in [3.8, 4) is 21.6 Å². The van der Waals surface area contributed by atoms with Crippen LogP contribution in [-0.2, 0) is 6.42 Å². The molecule has 1 fully saturated rings. The number of amides is 1. The zero-order chi connectivity index (χ0) is 20.2. The smallest absolute Gasteiger partial charge is 0.253 e. The summed E-state index contributed by atoms with van der Waals surface area (Å²) < 4.78 is 0. The van der Waals surface area contributed by atoms with Crippen LogP contribution in [0, 0.1) is 5.92 Å². The first-order valence-electron chi connectivity index (χ1n) is 10.5. The second-order valence-corrected chi connectivity index (χ2v) is 9.18. The fourth-order valence-electron chi connectivity index (χ4n) is 3.91. The third kappa shape index (κ3) is 4.76. The molecule has 0 atom stereocenters. The van der Waals surface area contributed by atoms with Gasteiger partial charge in [-0.05, 0) is 84.0 Å². The van der Waals surface area contributed by atoms with Crippen LogP contribution in [0.3, 0.4) is 0 Å². The van der Waals surface area contributed by atoms with Crippen LogP contribution in [0.25, 0.3) is 21.6 Å². The standard InChI is InChI=1S/C25H28N2OS/c1-18(2)13-23-15-20(9-10-26-23)24-16-22(17-29-24)19-7-6-8-21(14-19)25(28)27-11-4-3-5-12-27/h6-10,14-18H,3-5,11-13H2,1-2H3. The average molecular weight is 405 g/mol. The largest absolute Gasteiger partial charge is 0.339 e. The fourth-order valence-corrected chi connectivity index (χ4v) is 4.83. The number of carbonyl (C=O) groups excluding carboxylic acids is 1. The van der Waals surface area contributed by atoms with Gasteiger partial charge < -0.3 is 4.90 Å². The number of hydrogen-bond acceptors (Lipinski definition) is 3. The summed E-state index contributed by atoms with van der Waals surface area (Å²) in [5.41, 5.74) is 5.42. The maximum Gasteiger partial charge on any atom is 0.253 e. The van der Waals surface area contributed by atoms with Gasteiger partial charge in [-0.25, -0.2) is 0 Å². The molecular weight excluding hydrogens is 376 g/mol. The highest BCUT2D eigenvalue weighted by molar-refractivity contribution is 7.14. The van der Waals surface area contributed by atoms with Crippen molar-refractivity contribution in [2.24, 2.45) is 5.92 Å². The Kier molecular flexibility index (Phi) is 6.10. The molecule has 3 aromatic rings. The van der Waals surface area contributed by atoms with Gasteiger partial charge in [0.1, 0.15) is 0 Å². The number of likely N-dealkylation sites (tertiary alicyclic amines) is 1. The third-order valence-electron chi connectivity index (χ3n) is 5.40. The molecule has 4 rings (SSSR count). The third-order valence-corrected chi connectivity index (χ3v) is 6.38. The average Bonchev–Trinajstić information content (AvgIpc) is 3.24. The Morgan fingerprint density at radius 1 is 1.03 bits per heavy atom. The van der Waals surface area contributed by atoms with Crippen molar-refractivity contribution in [3.05, 3.63) is 65.3 Å². The number of benzene rings is 1. The molecule has 0 spiro atoms. The predicted molar refractivity (Wildman–Crippen MR) is 121 cm³/mol. The van der Waals surface area contributed by atoms with Gasteiger partial charge in [0, 0.05) is 35.4 Å². The number of carbonyl (C=O) groups is 1. The van der Waals surface area contributed by atoms with Gasteiger partial charge in [0.2, 0.25) is 0 Å². The van der Waals surface area contributed by atoms with Crippen molar-refractivity contribution >= 4 is 17.2 Å². The summed E-state index contributed by atoms with van der Waals surface area (Å²) in [4.78, 5) is 20.6. The minimum atomic E-state index is 0.162. The van der Waals surface area contributed by atoms with Gasteiger partial charge >= 0.3 is 0 Å². The van der Waals surface area contributed by atoms with E-state index in [0.29, 0.717) is 5.92 Å². The molecule has 1 aromatic carbocycles. The molecule has 29 heavy (non-hydrogen) atoms. The first kappa shape index (κ1) is 19.8. The second-order valence-electron chi connectivity index (χ2n) is 8.27. The van der Waals surface area contributed by atoms with Crippen molar-refractivity contribution in [2.75, 3.05) is 13.1 Å². The van der Waals surface area contributed by atoms with E-state index in [1.54, 1.807) is 11.3 Å². The Morgan fingerprint density at radius 3 is 2.66 bits per heavy atom. The molecule has 0 unspecified atom stereocenters. The second kappa shape index (κ2) is 8.91. The SMILES string of the molecule is CC(C)Cc1cc(-c2cc(-c3cccc(C(=O)N4CCCCC4)c3)cs2)ccn1. The lowest BCUT2D eigenvalue weighted by Gasteiger charge is -2.26. The molecule has 1 amide bonds. The molecule has 3 heterocycles. The van der Waals surface area contributed by atoms with Crippen LogP contribution >= 0.6 is 11.3 Å². The van der Waals surface area contributed by atoms with Crippen molar-refractivity contribution in [1.29, 1.82) is 0 Å². The molecule has 0 radical (unpaired) electrons. The zero-order valence-electron chi connectivity index (χ0n) is 17.2. The van der Waals surface area contributed by atoms with E-state index in [2.05, 4.69) is 48.5 Å². The molecule has 4 heteroatoms. The van der Waals surface area contributed by atoms with E-state index < -0.39 is 0 Å². The van der Waals surface area contributed by atoms with Crippen molar-refractivity contribution < 1.29 is 4.79 Å². The number of rotatable bonds is 5. The Morgan fingerprint density at radius 2 is 1.86 bits per heavy atom. The Balaban J connectivity index is 1.56. The first-order chi connectivity index (χ1) is 14.1. The Labute approximate surface area is 177 Å². The van der Waals surface area contributed by atoms with Crippen LogP contribution in [-0.4, -0.2) is 28.9 Å². The quantitative estimate of drug-likeness (QED) is 0.500. The summed E-state index contributed by atoms with van der Waals surface area (Å²) in [5, 5.41) is 2.18. The van der Waals surface area contributed by atoms with Crippen LogP contribution in [0.1, 0.15) is 49.2 Å². The molecule has 0 saturated carbocycles. The summed E-state index contributed by atoms with van der Waals surface area (Å²) in [7, 11) is 0. The molecule has 150 valence electrons. The highest BCUT2D eigenvalue weighted by atomic mass is 32.1. The van der Waals surface area contributed by atoms with E-state index in [0.717, 1.165) is 49.2 Å². The Bertz CT molecular complexity index is 986. The maximum atomic E-state index is 12.9. The number of nitrogens with zero attached hydrogens (tertiary/aromatic N) is 2. The van der Waals surface area contributed by atoms with E-state index in [1.165, 1.54) is 22.4 Å². The number of hydrogen-bond donors (Lipinski definition) is 0. The van der Waals surface area contributed by atoms with Gasteiger partial charge in [-0.15, -0.1) is 11.3 Å². The van der Waals surface area contributed by atoms with E-state index in [4.69, 9.17) is 0 Å². The molecule has 2 aromatic heterocycles. The minimum absolute atomic E-state index is 0.162. The summed E-state index contributed by atoms with van der Waals surface area (Å²) >= 11 is 1.74. The van der Waals surface area contributed by atoms with E-state index in [9.17, 15) is 4.79 Å². The maximum absolute atomic E-state index is 12.9. The summed E-state index contributed by atoms with van der Waals surface area (Å²) in [6, 6.07) is 14.6. The molecule has 3 nitrogen and oxygen atoms in total. The van der Waals surface area contributed by atoms with Crippen molar-refractivity contribution in [2.45, 2.75) is 39.5 Å². The van der Waals surface area contributed by atoms with Crippen LogP contribution in [0.2, 0.25) is 0 Å². The Hall–Kier alpha value is -2.46. The van der Waals surface area contributed by atoms with Gasteiger partial charge in [-0.2, -0.15) is 0 Å². The van der Waals surface area contributed by atoms with Crippen LogP contribution in [0.4, 0.5) is 0 Å². The topological polar surface area (TPSA) is 33.2 Å². The monoisotopic (exact) mass is 404 g/mol. The van der Waals surface area contributed by atoms with E-state index >= 15 is 0 Å². The molecule has 1 aliphatic rings. The minimum Gasteiger partial charge on any atom is -0.339 e. The normalized spacial score (nSPS) is 14.4. The highest BCUT2D eigenvalue weighted by Crippen LogP contribution is 2.33. The molecular formula is C25H28N2OS. The van der Waals surface area contributed by atoms with Crippen LogP contribution in [0.5, 0.6) is 0 Å². The van der Waals surface area contributed by atoms with Crippen LogP contribution in [0.15, 0.2) is 54.0 Å². The highest BCUT2D eigenvalue weighted by Gasteiger charge is 2.18. The molecule has 0 N–H and O–H groups in total. The van der Waals surface area contributed by atoms with Crippen molar-refractivity contribution in [3.63, 3.8) is 0 Å². The number of thiophene rings is 1. The van der Waals surface area contributed by atoms with Crippen molar-refractivity contribution in [1.82, 2.24) is 9.88 Å². The molecule has 1 saturated heterocycles. The number of piperidine rings is 1. The zero-order valence-corrected chi connectivity index (χ0v) is 18.0. The lowest BCUT2D eigenvalue weighted by molar-refractivity contribution is 0.0724. The van der Waals surface area contributed by atoms with Gasteiger partial charge in [0.05, 0.1) is 0 Å². The summed E-state index contributed by atoms with van der Waals surface area (Å²) in [5.74, 6) is 0.756. The van der Waals surface area contributed by atoms with Gasteiger partial charge in [0.25, 0.3) is 5.91 Å². The molecule has 0 bridgehead atoms. The predicted octanol–water partition coefficient (Wildman–Crippen LogP) is 6.30. The number of aromatic nitrogens is 1. The molecule has 0 aliphatic carbocycles. The fraction of sp³-hybridized carbons (Fsp3) is 0.360. The molecule has 1 aliphatic heterocycles. The van der Waals surface area contributed by atoms with Gasteiger partial charge in [0.15, 0.2) is 0 Å². The van der Waals surface area contributed by atoms with E-state index in [1.807, 2.05) is 29.3 Å². The van der Waals surface area contributed by atoms with Gasteiger partial charge in [-0.3, -0.25) is 9.78 Å². The summed E-state index contributed by atoms with van der Waals surface area (Å²) in [6.45, 7) is 6.20. The van der Waals surface area contributed by atoms with E-state index in [-0.39, 0.29) is 5.91 Å². The lowest BCUT2D eigenvalue weighted by Crippen LogP contribution is -2.35. The van der Waals surface area contributed by atoms with Gasteiger partial charge in [-0.1, -0.05) is 26.0 Å². The number of pyridine rings is 1. The summed E-state index contributed by atoms with van der Waals surface area (Å²) in [6.07, 6.45) is 6.36. The lowest BCUT2D eigenvalue weighted by atomic mass is 10.0.